The van der Waals surface area contributed by atoms with E-state index in [1.807, 2.05) is 19.9 Å². The molecule has 1 aromatic carbocycles. The Balaban J connectivity index is 2.47. The van der Waals surface area contributed by atoms with Crippen molar-refractivity contribution in [2.75, 3.05) is 0 Å². The molecule has 2 atom stereocenters. The van der Waals surface area contributed by atoms with Gasteiger partial charge in [0.1, 0.15) is 5.75 Å². The molecule has 0 saturated carbocycles. The van der Waals surface area contributed by atoms with E-state index >= 15 is 0 Å². The minimum absolute atomic E-state index is 0.0628. The summed E-state index contributed by atoms with van der Waals surface area (Å²) in [6, 6.07) is 7.03. The Morgan fingerprint density at radius 3 is 2.65 bits per heavy atom. The smallest absolute Gasteiger partial charge is 0.224 e. The summed E-state index contributed by atoms with van der Waals surface area (Å²) in [5.41, 5.74) is 0.657. The molecule has 94 valence electrons. The molecule has 1 rings (SSSR count). The van der Waals surface area contributed by atoms with Crippen LogP contribution in [0, 0.1) is 0 Å². The van der Waals surface area contributed by atoms with Crippen LogP contribution in [-0.2, 0) is 11.2 Å². The largest absolute Gasteiger partial charge is 0.508 e. The number of amides is 1. The quantitative estimate of drug-likeness (QED) is 0.821. The van der Waals surface area contributed by atoms with E-state index in [0.717, 1.165) is 6.42 Å². The first-order valence-corrected chi connectivity index (χ1v) is 6.61. The fourth-order valence-electron chi connectivity index (χ4n) is 1.71. The number of halogens is 1. The highest BCUT2D eigenvalue weighted by atomic mass is 79.9. The van der Waals surface area contributed by atoms with Gasteiger partial charge in [0.2, 0.25) is 5.91 Å². The Labute approximate surface area is 110 Å². The summed E-state index contributed by atoms with van der Waals surface area (Å²) in [6.07, 6.45) is 1.10. The fraction of sp³-hybridized carbons (Fsp3) is 0.462. The molecule has 0 aliphatic carbocycles. The second-order valence-corrected chi connectivity index (χ2v) is 5.85. The van der Waals surface area contributed by atoms with E-state index in [2.05, 4.69) is 21.2 Å². The molecule has 0 bridgehead atoms. The summed E-state index contributed by atoms with van der Waals surface area (Å²) in [5, 5.41) is 12.5. The van der Waals surface area contributed by atoms with Gasteiger partial charge in [0.15, 0.2) is 0 Å². The minimum Gasteiger partial charge on any atom is -0.508 e. The van der Waals surface area contributed by atoms with Crippen LogP contribution >= 0.6 is 15.9 Å². The van der Waals surface area contributed by atoms with Crippen molar-refractivity contribution in [3.8, 4) is 5.75 Å². The molecule has 1 aromatic rings. The lowest BCUT2D eigenvalue weighted by molar-refractivity contribution is -0.121. The number of hydrogen-bond acceptors (Lipinski definition) is 2. The van der Waals surface area contributed by atoms with Gasteiger partial charge in [-0.25, -0.2) is 0 Å². The first kappa shape index (κ1) is 14.0. The van der Waals surface area contributed by atoms with Gasteiger partial charge in [-0.15, -0.1) is 0 Å². The van der Waals surface area contributed by atoms with Crippen LogP contribution < -0.4 is 5.32 Å². The van der Waals surface area contributed by atoms with Crippen LogP contribution in [0.2, 0.25) is 0 Å². The number of rotatable bonds is 5. The summed E-state index contributed by atoms with van der Waals surface area (Å²) in [5.74, 6) is 0.108. The standard InChI is InChI=1S/C13H18BrNO2/c1-9(14)7-10(2)15-13(17)8-11-5-3-4-6-12(11)16/h3-6,9-10,16H,7-8H2,1-2H3,(H,15,17). The minimum atomic E-state index is -0.0628. The van der Waals surface area contributed by atoms with Crippen molar-refractivity contribution in [3.05, 3.63) is 29.8 Å². The van der Waals surface area contributed by atoms with E-state index in [1.54, 1.807) is 18.2 Å². The number of phenolic OH excluding ortho intramolecular Hbond substituents is 1. The van der Waals surface area contributed by atoms with Crippen molar-refractivity contribution < 1.29 is 9.90 Å². The van der Waals surface area contributed by atoms with Crippen LogP contribution in [0.4, 0.5) is 0 Å². The lowest BCUT2D eigenvalue weighted by atomic mass is 10.1. The van der Waals surface area contributed by atoms with Crippen molar-refractivity contribution in [1.82, 2.24) is 5.32 Å². The SMILES string of the molecule is CC(Br)CC(C)NC(=O)Cc1ccccc1O. The second kappa shape index (κ2) is 6.64. The third kappa shape index (κ3) is 5.22. The van der Waals surface area contributed by atoms with Gasteiger partial charge >= 0.3 is 0 Å². The zero-order valence-corrected chi connectivity index (χ0v) is 11.7. The molecule has 0 saturated heterocycles. The Kier molecular flexibility index (Phi) is 5.48. The van der Waals surface area contributed by atoms with E-state index in [9.17, 15) is 9.90 Å². The second-order valence-electron chi connectivity index (χ2n) is 4.29. The number of benzene rings is 1. The van der Waals surface area contributed by atoms with Crippen molar-refractivity contribution in [2.45, 2.75) is 37.6 Å². The molecule has 0 aromatic heterocycles. The molecule has 0 spiro atoms. The molecule has 3 nitrogen and oxygen atoms in total. The molecule has 2 N–H and O–H groups in total. The summed E-state index contributed by atoms with van der Waals surface area (Å²) in [6.45, 7) is 4.02. The van der Waals surface area contributed by atoms with Crippen LogP contribution in [0.15, 0.2) is 24.3 Å². The lowest BCUT2D eigenvalue weighted by Gasteiger charge is -2.15. The summed E-state index contributed by atoms with van der Waals surface area (Å²) in [4.78, 5) is 12.1. The van der Waals surface area contributed by atoms with Gasteiger partial charge in [-0.2, -0.15) is 0 Å². The van der Waals surface area contributed by atoms with Gasteiger partial charge in [-0.1, -0.05) is 41.1 Å². The highest BCUT2D eigenvalue weighted by molar-refractivity contribution is 9.09. The van der Waals surface area contributed by atoms with Crippen LogP contribution in [0.5, 0.6) is 5.75 Å². The molecule has 2 unspecified atom stereocenters. The van der Waals surface area contributed by atoms with E-state index in [-0.39, 0.29) is 24.1 Å². The van der Waals surface area contributed by atoms with Gasteiger partial charge < -0.3 is 10.4 Å². The van der Waals surface area contributed by atoms with Crippen molar-refractivity contribution in [2.24, 2.45) is 0 Å². The lowest BCUT2D eigenvalue weighted by Crippen LogP contribution is -2.34. The number of carbonyl (C=O) groups excluding carboxylic acids is 1. The number of aromatic hydroxyl groups is 1. The van der Waals surface area contributed by atoms with E-state index in [0.29, 0.717) is 10.4 Å². The Morgan fingerprint density at radius 2 is 2.06 bits per heavy atom. The van der Waals surface area contributed by atoms with Gasteiger partial charge in [-0.3, -0.25) is 4.79 Å². The Bertz CT molecular complexity index is 379. The first-order valence-electron chi connectivity index (χ1n) is 5.69. The van der Waals surface area contributed by atoms with Gasteiger partial charge in [0.25, 0.3) is 0 Å². The van der Waals surface area contributed by atoms with Crippen LogP contribution in [0.1, 0.15) is 25.8 Å². The molecule has 0 heterocycles. The van der Waals surface area contributed by atoms with Gasteiger partial charge in [0, 0.05) is 16.4 Å². The van der Waals surface area contributed by atoms with Crippen LogP contribution in [0.25, 0.3) is 0 Å². The van der Waals surface area contributed by atoms with E-state index in [4.69, 9.17) is 0 Å². The maximum atomic E-state index is 11.7. The third-order valence-corrected chi connectivity index (χ3v) is 2.80. The number of alkyl halides is 1. The number of phenols is 1. The molecule has 1 amide bonds. The zero-order chi connectivity index (χ0) is 12.8. The Morgan fingerprint density at radius 1 is 1.41 bits per heavy atom. The summed E-state index contributed by atoms with van der Waals surface area (Å²) < 4.78 is 0. The number of nitrogens with one attached hydrogen (secondary N) is 1. The van der Waals surface area contributed by atoms with Gasteiger partial charge in [0.05, 0.1) is 6.42 Å². The third-order valence-electron chi connectivity index (χ3n) is 2.43. The average Bonchev–Trinajstić information content (AvgIpc) is 2.19. The number of hydrogen-bond donors (Lipinski definition) is 2. The van der Waals surface area contributed by atoms with E-state index in [1.165, 1.54) is 0 Å². The molecule has 0 aliphatic heterocycles. The topological polar surface area (TPSA) is 49.3 Å². The fourth-order valence-corrected chi connectivity index (χ4v) is 2.27. The average molecular weight is 300 g/mol. The first-order chi connectivity index (χ1) is 7.99. The van der Waals surface area contributed by atoms with Gasteiger partial charge in [-0.05, 0) is 19.4 Å². The highest BCUT2D eigenvalue weighted by Gasteiger charge is 2.11. The molecular formula is C13H18BrNO2. The highest BCUT2D eigenvalue weighted by Crippen LogP contribution is 2.16. The van der Waals surface area contributed by atoms with Crippen molar-refractivity contribution in [3.63, 3.8) is 0 Å². The molecule has 0 fully saturated rings. The normalized spacial score (nSPS) is 14.1. The predicted molar refractivity (Wildman–Crippen MR) is 72.4 cm³/mol. The van der Waals surface area contributed by atoms with E-state index < -0.39 is 0 Å². The maximum Gasteiger partial charge on any atom is 0.224 e. The molecule has 0 radical (unpaired) electrons. The summed E-state index contributed by atoms with van der Waals surface area (Å²) in [7, 11) is 0. The monoisotopic (exact) mass is 299 g/mol. The molecular weight excluding hydrogens is 282 g/mol. The zero-order valence-electron chi connectivity index (χ0n) is 10.1. The summed E-state index contributed by atoms with van der Waals surface area (Å²) >= 11 is 3.45. The number of carbonyl (C=O) groups is 1. The Hall–Kier alpha value is -1.03. The predicted octanol–water partition coefficient (Wildman–Crippen LogP) is 2.61. The number of para-hydroxylation sites is 1. The molecule has 0 aliphatic rings. The maximum absolute atomic E-state index is 11.7. The van der Waals surface area contributed by atoms with Crippen LogP contribution in [0.3, 0.4) is 0 Å². The molecule has 4 heteroatoms. The van der Waals surface area contributed by atoms with Crippen molar-refractivity contribution >= 4 is 21.8 Å². The molecule has 17 heavy (non-hydrogen) atoms. The van der Waals surface area contributed by atoms with Crippen LogP contribution in [-0.4, -0.2) is 21.9 Å². The van der Waals surface area contributed by atoms with Crippen molar-refractivity contribution in [1.29, 1.82) is 0 Å².